The van der Waals surface area contributed by atoms with E-state index in [2.05, 4.69) is 78.0 Å². The highest BCUT2D eigenvalue weighted by molar-refractivity contribution is 5.26. The molecule has 0 bridgehead atoms. The predicted molar refractivity (Wildman–Crippen MR) is 81.4 cm³/mol. The summed E-state index contributed by atoms with van der Waals surface area (Å²) in [4.78, 5) is 0. The third kappa shape index (κ3) is 4.13. The summed E-state index contributed by atoms with van der Waals surface area (Å²) in [6.45, 7) is 13.5. The fraction of sp³-hybridized carbons (Fsp3) is 0.647. The summed E-state index contributed by atoms with van der Waals surface area (Å²) < 4.78 is 0. The van der Waals surface area contributed by atoms with E-state index >= 15 is 0 Å². The molecule has 0 heterocycles. The minimum absolute atomic E-state index is 0.0228. The summed E-state index contributed by atoms with van der Waals surface area (Å²) in [6.07, 6.45) is 14.1. The van der Waals surface area contributed by atoms with Crippen molar-refractivity contribution >= 4 is 0 Å². The highest BCUT2D eigenvalue weighted by Crippen LogP contribution is 2.44. The lowest BCUT2D eigenvalue weighted by Gasteiger charge is -2.44. The van der Waals surface area contributed by atoms with Crippen molar-refractivity contribution in [3.63, 3.8) is 0 Å². The van der Waals surface area contributed by atoms with Gasteiger partial charge in [-0.15, -0.1) is 0 Å². The summed E-state index contributed by atoms with van der Waals surface area (Å²) in [7, 11) is 0. The zero-order valence-corrected chi connectivity index (χ0v) is 12.8. The van der Waals surface area contributed by atoms with Gasteiger partial charge in [0.2, 0.25) is 0 Å². The monoisotopic (exact) mass is 247 g/mol. The smallest absolute Gasteiger partial charge is 0.0137 e. The van der Waals surface area contributed by atoms with E-state index < -0.39 is 0 Å². The lowest BCUT2D eigenvalue weighted by atomic mass is 9.63. The largest absolute Gasteiger partial charge is 0.325 e. The number of nitrogens with two attached hydrogens (primary N) is 1. The molecule has 2 N–H and O–H groups in total. The molecule has 0 saturated carbocycles. The molecule has 0 radical (unpaired) electrons. The molecule has 0 fully saturated rings. The van der Waals surface area contributed by atoms with E-state index in [1.54, 1.807) is 0 Å². The summed E-state index contributed by atoms with van der Waals surface area (Å²) in [5.74, 6) is 0.414. The normalized spacial score (nSPS) is 20.8. The Morgan fingerprint density at radius 2 is 1.39 bits per heavy atom. The van der Waals surface area contributed by atoms with Crippen LogP contribution in [-0.4, -0.2) is 5.54 Å². The summed E-state index contributed by atoms with van der Waals surface area (Å²) in [6, 6.07) is 0. The Morgan fingerprint density at radius 1 is 0.944 bits per heavy atom. The molecule has 0 aliphatic heterocycles. The first-order chi connectivity index (χ1) is 8.05. The van der Waals surface area contributed by atoms with Gasteiger partial charge in [-0.25, -0.2) is 0 Å². The van der Waals surface area contributed by atoms with Gasteiger partial charge >= 0.3 is 0 Å². The lowest BCUT2D eigenvalue weighted by Crippen LogP contribution is -2.49. The van der Waals surface area contributed by atoms with Gasteiger partial charge in [0.15, 0.2) is 0 Å². The van der Waals surface area contributed by atoms with E-state index in [4.69, 9.17) is 5.73 Å². The van der Waals surface area contributed by atoms with Crippen LogP contribution in [0.3, 0.4) is 0 Å². The van der Waals surface area contributed by atoms with Crippen molar-refractivity contribution in [1.82, 2.24) is 0 Å². The molecule has 0 aromatic rings. The number of hydrogen-bond donors (Lipinski definition) is 1. The molecule has 1 rings (SSSR count). The van der Waals surface area contributed by atoms with Crippen LogP contribution in [0.1, 0.15) is 48.0 Å². The van der Waals surface area contributed by atoms with Crippen molar-refractivity contribution in [3.8, 4) is 0 Å². The second-order valence-electron chi connectivity index (χ2n) is 7.61. The van der Waals surface area contributed by atoms with Crippen molar-refractivity contribution in [1.29, 1.82) is 0 Å². The molecule has 1 nitrogen and oxygen atoms in total. The SMILES string of the molecule is CC(C)(C)CC(C(C)(C)N)C1(C)C=CC=CC=C1. The maximum absolute atomic E-state index is 6.47. The van der Waals surface area contributed by atoms with Gasteiger partial charge in [0.25, 0.3) is 0 Å². The van der Waals surface area contributed by atoms with Gasteiger partial charge in [-0.3, -0.25) is 0 Å². The Labute approximate surface area is 113 Å². The standard InChI is InChI=1S/C17H29N/c1-15(2,3)13-14(16(4,5)18)17(6)11-9-7-8-10-12-17/h7-12,14H,13,18H2,1-6H3. The van der Waals surface area contributed by atoms with Crippen LogP contribution in [0.4, 0.5) is 0 Å². The van der Waals surface area contributed by atoms with E-state index in [1.807, 2.05) is 0 Å². The Morgan fingerprint density at radius 3 is 1.72 bits per heavy atom. The van der Waals surface area contributed by atoms with E-state index in [1.165, 1.54) is 0 Å². The topological polar surface area (TPSA) is 26.0 Å². The van der Waals surface area contributed by atoms with Crippen LogP contribution in [0.15, 0.2) is 36.5 Å². The second kappa shape index (κ2) is 5.05. The van der Waals surface area contributed by atoms with Crippen molar-refractivity contribution in [2.24, 2.45) is 22.5 Å². The predicted octanol–water partition coefficient (Wildman–Crippen LogP) is 4.46. The molecule has 1 aliphatic rings. The van der Waals surface area contributed by atoms with Crippen molar-refractivity contribution in [3.05, 3.63) is 36.5 Å². The van der Waals surface area contributed by atoms with Crippen LogP contribution in [-0.2, 0) is 0 Å². The fourth-order valence-corrected chi connectivity index (χ4v) is 2.84. The number of allylic oxidation sites excluding steroid dienone is 6. The quantitative estimate of drug-likeness (QED) is 0.782. The zero-order chi connectivity index (χ0) is 14.0. The van der Waals surface area contributed by atoms with Crippen LogP contribution in [0.2, 0.25) is 0 Å². The Bertz CT molecular complexity index is 342. The molecule has 0 aromatic carbocycles. The maximum Gasteiger partial charge on any atom is 0.0137 e. The van der Waals surface area contributed by atoms with E-state index in [-0.39, 0.29) is 16.4 Å². The minimum atomic E-state index is -0.193. The average Bonchev–Trinajstić information content (AvgIpc) is 2.37. The molecule has 1 aliphatic carbocycles. The van der Waals surface area contributed by atoms with Gasteiger partial charge in [-0.2, -0.15) is 0 Å². The molecular weight excluding hydrogens is 218 g/mol. The number of hydrogen-bond acceptors (Lipinski definition) is 1. The molecule has 1 unspecified atom stereocenters. The van der Waals surface area contributed by atoms with Crippen molar-refractivity contribution in [2.45, 2.75) is 53.5 Å². The first-order valence-electron chi connectivity index (χ1n) is 6.87. The first kappa shape index (κ1) is 15.2. The van der Waals surface area contributed by atoms with E-state index in [0.29, 0.717) is 5.92 Å². The Hall–Kier alpha value is -0.820. The highest BCUT2D eigenvalue weighted by Gasteiger charge is 2.40. The van der Waals surface area contributed by atoms with E-state index in [9.17, 15) is 0 Å². The zero-order valence-electron chi connectivity index (χ0n) is 12.8. The molecule has 1 atom stereocenters. The molecular formula is C17H29N. The molecule has 0 saturated heterocycles. The Balaban J connectivity index is 3.11. The van der Waals surface area contributed by atoms with Gasteiger partial charge in [-0.05, 0) is 31.6 Å². The number of rotatable bonds is 3. The van der Waals surface area contributed by atoms with Crippen LogP contribution < -0.4 is 5.73 Å². The fourth-order valence-electron chi connectivity index (χ4n) is 2.84. The maximum atomic E-state index is 6.47. The summed E-state index contributed by atoms with van der Waals surface area (Å²) >= 11 is 0. The molecule has 18 heavy (non-hydrogen) atoms. The van der Waals surface area contributed by atoms with Gasteiger partial charge in [0.05, 0.1) is 0 Å². The van der Waals surface area contributed by atoms with Crippen molar-refractivity contribution < 1.29 is 0 Å². The third-order valence-electron chi connectivity index (χ3n) is 3.71. The molecule has 0 aromatic heterocycles. The van der Waals surface area contributed by atoms with E-state index in [0.717, 1.165) is 6.42 Å². The van der Waals surface area contributed by atoms with Gasteiger partial charge in [0.1, 0.15) is 0 Å². The second-order valence-corrected chi connectivity index (χ2v) is 7.61. The summed E-state index contributed by atoms with van der Waals surface area (Å²) in [5, 5.41) is 0. The van der Waals surface area contributed by atoms with Crippen LogP contribution in [0, 0.1) is 16.7 Å². The molecule has 1 heteroatoms. The van der Waals surface area contributed by atoms with Gasteiger partial charge < -0.3 is 5.73 Å². The van der Waals surface area contributed by atoms with Crippen LogP contribution in [0.25, 0.3) is 0 Å². The van der Waals surface area contributed by atoms with Gasteiger partial charge in [-0.1, -0.05) is 64.2 Å². The third-order valence-corrected chi connectivity index (χ3v) is 3.71. The highest BCUT2D eigenvalue weighted by atomic mass is 14.7. The van der Waals surface area contributed by atoms with Crippen molar-refractivity contribution in [2.75, 3.05) is 0 Å². The Kier molecular flexibility index (Phi) is 4.27. The van der Waals surface area contributed by atoms with Crippen LogP contribution in [0.5, 0.6) is 0 Å². The van der Waals surface area contributed by atoms with Gasteiger partial charge in [0, 0.05) is 11.0 Å². The molecule has 102 valence electrons. The molecule has 0 amide bonds. The lowest BCUT2D eigenvalue weighted by molar-refractivity contribution is 0.138. The van der Waals surface area contributed by atoms with Crippen LogP contribution >= 0.6 is 0 Å². The first-order valence-corrected chi connectivity index (χ1v) is 6.87. The summed E-state index contributed by atoms with van der Waals surface area (Å²) in [5.41, 5.74) is 6.58. The minimum Gasteiger partial charge on any atom is -0.325 e. The molecule has 0 spiro atoms. The average molecular weight is 247 g/mol.